The zero-order valence-corrected chi connectivity index (χ0v) is 11.2. The van der Waals surface area contributed by atoms with Crippen LogP contribution in [0.2, 0.25) is 5.02 Å². The maximum atomic E-state index is 13.7. The predicted molar refractivity (Wildman–Crippen MR) is 72.3 cm³/mol. The van der Waals surface area contributed by atoms with Crippen LogP contribution in [-0.4, -0.2) is 13.0 Å². The lowest BCUT2D eigenvalue weighted by Gasteiger charge is -2.08. The Morgan fingerprint density at radius 2 is 1.95 bits per heavy atom. The first-order chi connectivity index (χ1) is 9.51. The molecule has 0 aromatic heterocycles. The fraction of sp³-hybridized carbons (Fsp3) is 0.0714. The number of hydrogen-bond donors (Lipinski definition) is 1. The molecule has 20 heavy (non-hydrogen) atoms. The number of amides is 1. The molecule has 0 fully saturated rings. The van der Waals surface area contributed by atoms with Crippen molar-refractivity contribution in [3.8, 4) is 5.75 Å². The normalized spacial score (nSPS) is 10.2. The Labute approximate surface area is 119 Å². The minimum Gasteiger partial charge on any atom is -0.497 e. The van der Waals surface area contributed by atoms with Gasteiger partial charge in [0.15, 0.2) is 0 Å². The predicted octanol–water partition coefficient (Wildman–Crippen LogP) is 3.88. The van der Waals surface area contributed by atoms with Gasteiger partial charge in [-0.1, -0.05) is 11.6 Å². The van der Waals surface area contributed by atoms with Crippen LogP contribution in [0, 0.1) is 11.6 Å². The molecule has 2 rings (SSSR count). The molecule has 0 saturated heterocycles. The molecule has 0 spiro atoms. The molecule has 2 aromatic rings. The van der Waals surface area contributed by atoms with Crippen LogP contribution in [0.5, 0.6) is 5.75 Å². The van der Waals surface area contributed by atoms with Crippen LogP contribution >= 0.6 is 11.6 Å². The first kappa shape index (κ1) is 14.3. The summed E-state index contributed by atoms with van der Waals surface area (Å²) in [6.45, 7) is 0. The van der Waals surface area contributed by atoms with E-state index in [1.54, 1.807) is 0 Å². The third-order valence-electron chi connectivity index (χ3n) is 2.60. The largest absolute Gasteiger partial charge is 0.497 e. The van der Waals surface area contributed by atoms with E-state index in [2.05, 4.69) is 5.32 Å². The first-order valence-electron chi connectivity index (χ1n) is 5.61. The molecule has 0 aliphatic heterocycles. The van der Waals surface area contributed by atoms with Crippen LogP contribution < -0.4 is 10.1 Å². The Morgan fingerprint density at radius 1 is 1.20 bits per heavy atom. The molecule has 0 bridgehead atoms. The molecule has 0 aliphatic rings. The number of methoxy groups -OCH3 is 1. The number of carbonyl (C=O) groups excluding carboxylic acids is 1. The molecular formula is C14H10ClF2NO2. The molecule has 0 saturated carbocycles. The highest BCUT2D eigenvalue weighted by Crippen LogP contribution is 2.24. The minimum absolute atomic E-state index is 0.0345. The van der Waals surface area contributed by atoms with Crippen LogP contribution in [-0.2, 0) is 0 Å². The summed E-state index contributed by atoms with van der Waals surface area (Å²) in [4.78, 5) is 11.9. The number of rotatable bonds is 3. The number of hydrogen-bond acceptors (Lipinski definition) is 2. The summed E-state index contributed by atoms with van der Waals surface area (Å²) < 4.78 is 31.5. The highest BCUT2D eigenvalue weighted by atomic mass is 35.5. The number of carbonyl (C=O) groups is 1. The van der Waals surface area contributed by atoms with Crippen LogP contribution in [0.15, 0.2) is 36.4 Å². The summed E-state index contributed by atoms with van der Waals surface area (Å²) in [5.41, 5.74) is 0.0412. The highest BCUT2D eigenvalue weighted by Gasteiger charge is 2.14. The third kappa shape index (κ3) is 3.05. The van der Waals surface area contributed by atoms with Crippen molar-refractivity contribution in [3.63, 3.8) is 0 Å². The fourth-order valence-corrected chi connectivity index (χ4v) is 1.80. The quantitative estimate of drug-likeness (QED) is 0.933. The lowest BCUT2D eigenvalue weighted by molar-refractivity contribution is 0.102. The summed E-state index contributed by atoms with van der Waals surface area (Å²) in [6, 6.07) is 7.36. The molecule has 104 valence electrons. The van der Waals surface area contributed by atoms with E-state index in [1.807, 2.05) is 0 Å². The van der Waals surface area contributed by atoms with Crippen molar-refractivity contribution in [2.24, 2.45) is 0 Å². The maximum absolute atomic E-state index is 13.7. The van der Waals surface area contributed by atoms with Gasteiger partial charge in [0.2, 0.25) is 0 Å². The van der Waals surface area contributed by atoms with E-state index in [0.29, 0.717) is 5.75 Å². The van der Waals surface area contributed by atoms with E-state index < -0.39 is 17.5 Å². The summed E-state index contributed by atoms with van der Waals surface area (Å²) in [5.74, 6) is -1.62. The monoisotopic (exact) mass is 297 g/mol. The van der Waals surface area contributed by atoms with Crippen molar-refractivity contribution in [2.75, 3.05) is 12.4 Å². The van der Waals surface area contributed by atoms with Crippen molar-refractivity contribution >= 4 is 23.2 Å². The zero-order chi connectivity index (χ0) is 14.7. The Balaban J connectivity index is 2.24. The number of benzene rings is 2. The number of ether oxygens (including phenoxy) is 1. The average molecular weight is 298 g/mol. The van der Waals surface area contributed by atoms with Crippen LogP contribution in [0.25, 0.3) is 0 Å². The number of nitrogens with one attached hydrogen (secondary N) is 1. The molecule has 1 N–H and O–H groups in total. The first-order valence-corrected chi connectivity index (χ1v) is 5.99. The van der Waals surface area contributed by atoms with E-state index in [1.165, 1.54) is 25.3 Å². The Bertz CT molecular complexity index is 662. The van der Waals surface area contributed by atoms with Gasteiger partial charge in [-0.15, -0.1) is 0 Å². The van der Waals surface area contributed by atoms with Crippen molar-refractivity contribution in [1.82, 2.24) is 0 Å². The minimum atomic E-state index is -0.722. The summed E-state index contributed by atoms with van der Waals surface area (Å²) >= 11 is 5.78. The van der Waals surface area contributed by atoms with Gasteiger partial charge in [0.1, 0.15) is 17.4 Å². The molecular weight excluding hydrogens is 288 g/mol. The Hall–Kier alpha value is -2.14. The van der Waals surface area contributed by atoms with Gasteiger partial charge in [0.05, 0.1) is 23.4 Å². The van der Waals surface area contributed by atoms with Crippen LogP contribution in [0.3, 0.4) is 0 Å². The molecule has 0 aliphatic carbocycles. The standard InChI is InChI=1S/C14H10ClF2NO2/c1-20-9-3-4-10(12(17)7-9)14(19)18-13-5-2-8(16)6-11(13)15/h2-7H,1H3,(H,18,19). The fourth-order valence-electron chi connectivity index (χ4n) is 1.59. The molecule has 3 nitrogen and oxygen atoms in total. The molecule has 0 atom stereocenters. The van der Waals surface area contributed by atoms with Crippen molar-refractivity contribution in [3.05, 3.63) is 58.6 Å². The second-order valence-electron chi connectivity index (χ2n) is 3.92. The molecule has 0 radical (unpaired) electrons. The third-order valence-corrected chi connectivity index (χ3v) is 2.91. The molecule has 1 amide bonds. The van der Waals surface area contributed by atoms with E-state index >= 15 is 0 Å². The van der Waals surface area contributed by atoms with Gasteiger partial charge in [-0.2, -0.15) is 0 Å². The van der Waals surface area contributed by atoms with E-state index in [9.17, 15) is 13.6 Å². The SMILES string of the molecule is COc1ccc(C(=O)Nc2ccc(F)cc2Cl)c(F)c1. The van der Waals surface area contributed by atoms with Gasteiger partial charge in [0, 0.05) is 6.07 Å². The van der Waals surface area contributed by atoms with Gasteiger partial charge in [-0.25, -0.2) is 8.78 Å². The van der Waals surface area contributed by atoms with E-state index in [0.717, 1.165) is 18.2 Å². The topological polar surface area (TPSA) is 38.3 Å². The van der Waals surface area contributed by atoms with Gasteiger partial charge < -0.3 is 10.1 Å². The summed E-state index contributed by atoms with van der Waals surface area (Å²) in [6.07, 6.45) is 0. The number of anilines is 1. The van der Waals surface area contributed by atoms with Crippen molar-refractivity contribution in [1.29, 1.82) is 0 Å². The van der Waals surface area contributed by atoms with E-state index in [4.69, 9.17) is 16.3 Å². The van der Waals surface area contributed by atoms with Gasteiger partial charge in [-0.05, 0) is 30.3 Å². The summed E-state index contributed by atoms with van der Waals surface area (Å²) in [7, 11) is 1.40. The Morgan fingerprint density at radius 3 is 2.55 bits per heavy atom. The maximum Gasteiger partial charge on any atom is 0.258 e. The smallest absolute Gasteiger partial charge is 0.258 e. The van der Waals surface area contributed by atoms with Crippen LogP contribution in [0.4, 0.5) is 14.5 Å². The number of halogens is 3. The molecule has 0 heterocycles. The summed E-state index contributed by atoms with van der Waals surface area (Å²) in [5, 5.41) is 2.45. The van der Waals surface area contributed by atoms with Crippen molar-refractivity contribution < 1.29 is 18.3 Å². The second kappa shape index (κ2) is 5.88. The molecule has 2 aromatic carbocycles. The van der Waals surface area contributed by atoms with Gasteiger partial charge >= 0.3 is 0 Å². The van der Waals surface area contributed by atoms with Gasteiger partial charge in [0.25, 0.3) is 5.91 Å². The average Bonchev–Trinajstić information content (AvgIpc) is 2.41. The molecule has 0 unspecified atom stereocenters. The molecule has 6 heteroatoms. The highest BCUT2D eigenvalue weighted by molar-refractivity contribution is 6.33. The van der Waals surface area contributed by atoms with Gasteiger partial charge in [-0.3, -0.25) is 4.79 Å². The zero-order valence-electron chi connectivity index (χ0n) is 10.4. The van der Waals surface area contributed by atoms with Crippen molar-refractivity contribution in [2.45, 2.75) is 0 Å². The second-order valence-corrected chi connectivity index (χ2v) is 4.33. The van der Waals surface area contributed by atoms with Crippen LogP contribution in [0.1, 0.15) is 10.4 Å². The van der Waals surface area contributed by atoms with E-state index in [-0.39, 0.29) is 16.3 Å². The lowest BCUT2D eigenvalue weighted by atomic mass is 10.2. The lowest BCUT2D eigenvalue weighted by Crippen LogP contribution is -2.14. The Kier molecular flexibility index (Phi) is 4.20.